The van der Waals surface area contributed by atoms with E-state index in [0.717, 1.165) is 49.6 Å². The lowest BCUT2D eigenvalue weighted by atomic mass is 9.83. The number of rotatable bonds is 4. The largest absolute Gasteiger partial charge is 0.336 e. The normalized spacial score (nSPS) is 26.1. The third-order valence-corrected chi connectivity index (χ3v) is 7.40. The van der Waals surface area contributed by atoms with Crippen molar-refractivity contribution in [3.63, 3.8) is 0 Å². The van der Waals surface area contributed by atoms with Crippen LogP contribution in [0.5, 0.6) is 0 Å². The van der Waals surface area contributed by atoms with Gasteiger partial charge in [0.15, 0.2) is 0 Å². The van der Waals surface area contributed by atoms with Crippen molar-refractivity contribution < 1.29 is 4.79 Å². The van der Waals surface area contributed by atoms with E-state index in [0.29, 0.717) is 30.6 Å². The Morgan fingerprint density at radius 3 is 2.73 bits per heavy atom. The maximum Gasteiger partial charge on any atom is 0.274 e. The SMILES string of the molecule is O=C(c1cc(C2CC2)[nH]n1)N1C[C@@H]2C[C@H](C1)c1ccc(CN3CCCC3)c(=O)n1C2. The summed E-state index contributed by atoms with van der Waals surface area (Å²) in [4.78, 5) is 30.6. The second kappa shape index (κ2) is 7.08. The third-order valence-electron chi connectivity index (χ3n) is 7.40. The molecule has 7 nitrogen and oxygen atoms in total. The lowest BCUT2D eigenvalue weighted by Crippen LogP contribution is -2.49. The standard InChI is InChI=1S/C23H29N5O2/c29-22-17(13-26-7-1-2-8-26)5-6-21-18-9-15(12-28(21)22)11-27(14-18)23(30)20-10-19(24-25-20)16-3-4-16/h5-6,10,15-16,18H,1-4,7-9,11-14H2,(H,24,25)/t15-,18+/m0/s1. The van der Waals surface area contributed by atoms with Crippen LogP contribution >= 0.6 is 0 Å². The molecule has 2 atom stereocenters. The number of carbonyl (C=O) groups excluding carboxylic acids is 1. The molecule has 30 heavy (non-hydrogen) atoms. The predicted octanol–water partition coefficient (Wildman–Crippen LogP) is 2.30. The summed E-state index contributed by atoms with van der Waals surface area (Å²) < 4.78 is 2.01. The average molecular weight is 408 g/mol. The Balaban J connectivity index is 1.22. The molecule has 1 saturated carbocycles. The van der Waals surface area contributed by atoms with Gasteiger partial charge in [-0.05, 0) is 63.2 Å². The van der Waals surface area contributed by atoms with Crippen molar-refractivity contribution >= 4 is 5.91 Å². The van der Waals surface area contributed by atoms with E-state index in [2.05, 4.69) is 21.2 Å². The van der Waals surface area contributed by atoms with Gasteiger partial charge in [-0.2, -0.15) is 5.10 Å². The molecule has 1 amide bonds. The molecule has 2 saturated heterocycles. The number of nitrogens with zero attached hydrogens (tertiary/aromatic N) is 4. The molecule has 3 aliphatic heterocycles. The first kappa shape index (κ1) is 18.4. The molecular weight excluding hydrogens is 378 g/mol. The molecule has 0 aromatic carbocycles. The van der Waals surface area contributed by atoms with Crippen LogP contribution in [0.4, 0.5) is 0 Å². The van der Waals surface area contributed by atoms with E-state index < -0.39 is 0 Å². The van der Waals surface area contributed by atoms with E-state index in [1.54, 1.807) is 0 Å². The van der Waals surface area contributed by atoms with Gasteiger partial charge < -0.3 is 9.47 Å². The zero-order chi connectivity index (χ0) is 20.2. The number of pyridine rings is 1. The highest BCUT2D eigenvalue weighted by atomic mass is 16.2. The van der Waals surface area contributed by atoms with Crippen LogP contribution in [0, 0.1) is 5.92 Å². The fourth-order valence-electron chi connectivity index (χ4n) is 5.67. The molecule has 0 unspecified atom stereocenters. The summed E-state index contributed by atoms with van der Waals surface area (Å²) in [6.07, 6.45) is 5.91. The van der Waals surface area contributed by atoms with Crippen molar-refractivity contribution in [1.82, 2.24) is 24.6 Å². The van der Waals surface area contributed by atoms with Gasteiger partial charge in [-0.1, -0.05) is 6.07 Å². The van der Waals surface area contributed by atoms with Gasteiger partial charge in [0.25, 0.3) is 11.5 Å². The molecule has 2 aromatic heterocycles. The number of aromatic nitrogens is 3. The summed E-state index contributed by atoms with van der Waals surface area (Å²) in [7, 11) is 0. The number of fused-ring (bicyclic) bond motifs is 4. The molecule has 0 spiro atoms. The molecule has 5 heterocycles. The molecule has 1 N–H and O–H groups in total. The van der Waals surface area contributed by atoms with E-state index in [4.69, 9.17) is 0 Å². The van der Waals surface area contributed by atoms with Crippen LogP contribution < -0.4 is 5.56 Å². The molecule has 7 heteroatoms. The van der Waals surface area contributed by atoms with E-state index >= 15 is 0 Å². The maximum atomic E-state index is 13.2. The number of piperidine rings is 1. The highest BCUT2D eigenvalue weighted by molar-refractivity contribution is 5.92. The second-order valence-electron chi connectivity index (χ2n) is 9.67. The van der Waals surface area contributed by atoms with Crippen molar-refractivity contribution in [2.45, 2.75) is 57.0 Å². The van der Waals surface area contributed by atoms with Crippen molar-refractivity contribution in [3.8, 4) is 0 Å². The van der Waals surface area contributed by atoms with Gasteiger partial charge in [-0.15, -0.1) is 0 Å². The van der Waals surface area contributed by atoms with Crippen molar-refractivity contribution in [1.29, 1.82) is 0 Å². The Kier molecular flexibility index (Phi) is 4.33. The number of aromatic amines is 1. The van der Waals surface area contributed by atoms with E-state index in [9.17, 15) is 9.59 Å². The quantitative estimate of drug-likeness (QED) is 0.844. The molecule has 2 aromatic rings. The number of nitrogens with one attached hydrogen (secondary N) is 1. The summed E-state index contributed by atoms with van der Waals surface area (Å²) in [5, 5.41) is 7.34. The number of hydrogen-bond acceptors (Lipinski definition) is 4. The Hall–Kier alpha value is -2.41. The number of likely N-dealkylation sites (tertiary alicyclic amines) is 2. The monoisotopic (exact) mass is 407 g/mol. The van der Waals surface area contributed by atoms with Crippen LogP contribution in [0.2, 0.25) is 0 Å². The highest BCUT2D eigenvalue weighted by Crippen LogP contribution is 2.39. The van der Waals surface area contributed by atoms with Crippen LogP contribution in [0.1, 0.15) is 71.4 Å². The number of carbonyl (C=O) groups is 1. The van der Waals surface area contributed by atoms with Gasteiger partial charge in [0.2, 0.25) is 0 Å². The molecular formula is C23H29N5O2. The lowest BCUT2D eigenvalue weighted by Gasteiger charge is -2.42. The van der Waals surface area contributed by atoms with E-state index in [1.165, 1.54) is 25.7 Å². The third kappa shape index (κ3) is 3.20. The molecule has 4 aliphatic rings. The van der Waals surface area contributed by atoms with Crippen molar-refractivity contribution in [3.05, 3.63) is 51.2 Å². The maximum absolute atomic E-state index is 13.2. The van der Waals surface area contributed by atoms with Gasteiger partial charge >= 0.3 is 0 Å². The zero-order valence-electron chi connectivity index (χ0n) is 17.3. The highest BCUT2D eigenvalue weighted by Gasteiger charge is 2.38. The Morgan fingerprint density at radius 1 is 1.10 bits per heavy atom. The van der Waals surface area contributed by atoms with Crippen molar-refractivity contribution in [2.24, 2.45) is 5.92 Å². The molecule has 1 aliphatic carbocycles. The van der Waals surface area contributed by atoms with E-state index in [1.807, 2.05) is 21.6 Å². The first-order chi connectivity index (χ1) is 14.7. The summed E-state index contributed by atoms with van der Waals surface area (Å²) in [5.41, 5.74) is 3.82. The lowest BCUT2D eigenvalue weighted by molar-refractivity contribution is 0.0588. The second-order valence-corrected chi connectivity index (χ2v) is 9.67. The van der Waals surface area contributed by atoms with Gasteiger partial charge in [0.05, 0.1) is 0 Å². The minimum absolute atomic E-state index is 0.0225. The van der Waals surface area contributed by atoms with E-state index in [-0.39, 0.29) is 17.4 Å². The molecule has 0 radical (unpaired) electrons. The smallest absolute Gasteiger partial charge is 0.274 e. The zero-order valence-corrected chi connectivity index (χ0v) is 17.3. The summed E-state index contributed by atoms with van der Waals surface area (Å²) in [6.45, 7) is 5.06. The van der Waals surface area contributed by atoms with Gasteiger partial charge in [-0.3, -0.25) is 19.6 Å². The molecule has 158 valence electrons. The fraction of sp³-hybridized carbons (Fsp3) is 0.609. The minimum atomic E-state index is 0.0225. The van der Waals surface area contributed by atoms with Gasteiger partial charge in [-0.25, -0.2) is 0 Å². The van der Waals surface area contributed by atoms with Crippen molar-refractivity contribution in [2.75, 3.05) is 26.2 Å². The number of amides is 1. The van der Waals surface area contributed by atoms with Crippen LogP contribution in [-0.2, 0) is 13.1 Å². The van der Waals surface area contributed by atoms with Gasteiger partial charge in [0.1, 0.15) is 5.69 Å². The Morgan fingerprint density at radius 2 is 1.93 bits per heavy atom. The Bertz CT molecular complexity index is 1030. The predicted molar refractivity (Wildman–Crippen MR) is 113 cm³/mol. The summed E-state index contributed by atoms with van der Waals surface area (Å²) in [5.74, 6) is 1.15. The minimum Gasteiger partial charge on any atom is -0.336 e. The summed E-state index contributed by atoms with van der Waals surface area (Å²) >= 11 is 0. The molecule has 2 bridgehead atoms. The fourth-order valence-corrected chi connectivity index (χ4v) is 5.67. The number of H-pyrrole nitrogens is 1. The number of hydrogen-bond donors (Lipinski definition) is 1. The van der Waals surface area contributed by atoms with Crippen LogP contribution in [0.15, 0.2) is 23.0 Å². The van der Waals surface area contributed by atoms with Crippen LogP contribution in [0.25, 0.3) is 0 Å². The van der Waals surface area contributed by atoms with Crippen LogP contribution in [0.3, 0.4) is 0 Å². The Labute approximate surface area is 176 Å². The summed E-state index contributed by atoms with van der Waals surface area (Å²) in [6, 6.07) is 6.11. The molecule has 6 rings (SSSR count). The molecule has 3 fully saturated rings. The topological polar surface area (TPSA) is 74.2 Å². The average Bonchev–Trinajstić information content (AvgIpc) is 3.25. The first-order valence-electron chi connectivity index (χ1n) is 11.5. The van der Waals surface area contributed by atoms with Gasteiger partial charge in [0, 0.05) is 55.0 Å². The van der Waals surface area contributed by atoms with Crippen LogP contribution in [-0.4, -0.2) is 56.7 Å². The first-order valence-corrected chi connectivity index (χ1v) is 11.5.